The Morgan fingerprint density at radius 2 is 1.76 bits per heavy atom. The molecule has 0 radical (unpaired) electrons. The highest BCUT2D eigenvalue weighted by atomic mass is 79.9. The summed E-state index contributed by atoms with van der Waals surface area (Å²) in [5.41, 5.74) is 6.95. The predicted molar refractivity (Wildman–Crippen MR) is 85.4 cm³/mol. The van der Waals surface area contributed by atoms with Crippen LogP contribution in [0.25, 0.3) is 0 Å². The van der Waals surface area contributed by atoms with E-state index in [0.29, 0.717) is 11.3 Å². The van der Waals surface area contributed by atoms with Crippen molar-refractivity contribution in [3.63, 3.8) is 0 Å². The van der Waals surface area contributed by atoms with Crippen molar-refractivity contribution < 1.29 is 10.0 Å². The second-order valence-corrected chi connectivity index (χ2v) is 5.28. The summed E-state index contributed by atoms with van der Waals surface area (Å²) in [4.78, 5) is 12.4. The summed E-state index contributed by atoms with van der Waals surface area (Å²) in [5.74, 6) is -1.37. The molecule has 5 nitrogen and oxygen atoms in total. The molecule has 1 unspecified atom stereocenters. The zero-order valence-electron chi connectivity index (χ0n) is 11.0. The molecule has 4 N–H and O–H groups in total. The van der Waals surface area contributed by atoms with Gasteiger partial charge >= 0.3 is 0 Å². The maximum absolute atomic E-state index is 12.4. The number of nitrogens with one attached hydrogen (secondary N) is 1. The van der Waals surface area contributed by atoms with E-state index in [1.165, 1.54) is 0 Å². The third-order valence-corrected chi connectivity index (χ3v) is 3.45. The number of halogens is 1. The molecule has 0 spiro atoms. The lowest BCUT2D eigenvalue weighted by Gasteiger charge is -2.16. The van der Waals surface area contributed by atoms with Gasteiger partial charge in [0, 0.05) is 10.2 Å². The van der Waals surface area contributed by atoms with Crippen LogP contribution in [0, 0.1) is 0 Å². The average molecular weight is 348 g/mol. The first kappa shape index (κ1) is 15.1. The lowest BCUT2D eigenvalue weighted by molar-refractivity contribution is -0.116. The van der Waals surface area contributed by atoms with Crippen molar-refractivity contribution in [2.75, 3.05) is 5.32 Å². The van der Waals surface area contributed by atoms with Gasteiger partial charge in [0.25, 0.3) is 0 Å². The van der Waals surface area contributed by atoms with Gasteiger partial charge in [0.2, 0.25) is 5.91 Å². The smallest absolute Gasteiger partial charge is 0.239 e. The van der Waals surface area contributed by atoms with Crippen LogP contribution in [-0.4, -0.2) is 17.0 Å². The summed E-state index contributed by atoms with van der Waals surface area (Å²) in [6.45, 7) is 0. The molecular formula is C15H14BrN3O2. The SMILES string of the molecule is NC(=NO)C(C(=O)Nc1ccc(Br)cc1)c1ccccc1. The van der Waals surface area contributed by atoms with Crippen molar-refractivity contribution in [2.24, 2.45) is 10.9 Å². The third-order valence-electron chi connectivity index (χ3n) is 2.92. The minimum Gasteiger partial charge on any atom is -0.409 e. The second kappa shape index (κ2) is 6.90. The predicted octanol–water partition coefficient (Wildman–Crippen LogP) is 2.92. The van der Waals surface area contributed by atoms with Crippen LogP contribution >= 0.6 is 15.9 Å². The largest absolute Gasteiger partial charge is 0.409 e. The van der Waals surface area contributed by atoms with Gasteiger partial charge in [0.05, 0.1) is 0 Å². The first-order chi connectivity index (χ1) is 10.1. The molecule has 1 atom stereocenters. The monoisotopic (exact) mass is 347 g/mol. The van der Waals surface area contributed by atoms with Crippen molar-refractivity contribution in [3.8, 4) is 0 Å². The van der Waals surface area contributed by atoms with Gasteiger partial charge < -0.3 is 16.3 Å². The number of benzene rings is 2. The Labute approximate surface area is 130 Å². The van der Waals surface area contributed by atoms with E-state index in [2.05, 4.69) is 26.4 Å². The summed E-state index contributed by atoms with van der Waals surface area (Å²) in [7, 11) is 0. The summed E-state index contributed by atoms with van der Waals surface area (Å²) in [6.07, 6.45) is 0. The van der Waals surface area contributed by atoms with E-state index in [4.69, 9.17) is 10.9 Å². The summed E-state index contributed by atoms with van der Waals surface area (Å²) in [6, 6.07) is 16.1. The average Bonchev–Trinajstić information content (AvgIpc) is 2.50. The molecule has 2 aromatic carbocycles. The van der Waals surface area contributed by atoms with Crippen LogP contribution < -0.4 is 11.1 Å². The molecule has 2 aromatic rings. The Balaban J connectivity index is 2.25. The van der Waals surface area contributed by atoms with E-state index >= 15 is 0 Å². The van der Waals surface area contributed by atoms with E-state index in [9.17, 15) is 4.79 Å². The number of nitrogens with zero attached hydrogens (tertiary/aromatic N) is 1. The maximum atomic E-state index is 12.4. The fraction of sp³-hybridized carbons (Fsp3) is 0.0667. The van der Waals surface area contributed by atoms with E-state index in [1.54, 1.807) is 36.4 Å². The summed E-state index contributed by atoms with van der Waals surface area (Å²) < 4.78 is 0.913. The quantitative estimate of drug-likeness (QED) is 0.344. The number of hydrogen-bond acceptors (Lipinski definition) is 3. The van der Waals surface area contributed by atoms with E-state index in [-0.39, 0.29) is 11.7 Å². The first-order valence-corrected chi connectivity index (χ1v) is 7.00. The highest BCUT2D eigenvalue weighted by Gasteiger charge is 2.25. The molecule has 0 fully saturated rings. The molecule has 0 aliphatic carbocycles. The standard InChI is InChI=1S/C15H14BrN3O2/c16-11-6-8-12(9-7-11)18-15(20)13(14(17)19-21)10-4-2-1-3-5-10/h1-9,13,21H,(H2,17,19)(H,18,20). The minimum absolute atomic E-state index is 0.157. The Hall–Kier alpha value is -2.34. The second-order valence-electron chi connectivity index (χ2n) is 4.36. The molecule has 0 heterocycles. The number of carbonyl (C=O) groups is 1. The molecule has 2 rings (SSSR count). The van der Waals surface area contributed by atoms with Crippen LogP contribution in [0.2, 0.25) is 0 Å². The highest BCUT2D eigenvalue weighted by molar-refractivity contribution is 9.10. The number of oxime groups is 1. The fourth-order valence-electron chi connectivity index (χ4n) is 1.91. The fourth-order valence-corrected chi connectivity index (χ4v) is 2.17. The van der Waals surface area contributed by atoms with Gasteiger partial charge in [-0.1, -0.05) is 51.4 Å². The zero-order valence-corrected chi connectivity index (χ0v) is 12.6. The molecule has 1 amide bonds. The van der Waals surface area contributed by atoms with Crippen LogP contribution in [0.4, 0.5) is 5.69 Å². The normalized spacial score (nSPS) is 12.7. The van der Waals surface area contributed by atoms with Crippen molar-refractivity contribution in [3.05, 3.63) is 64.6 Å². The Bertz CT molecular complexity index is 642. The number of amidine groups is 1. The van der Waals surface area contributed by atoms with Crippen LogP contribution in [0.5, 0.6) is 0 Å². The zero-order chi connectivity index (χ0) is 15.2. The van der Waals surface area contributed by atoms with Crippen molar-refractivity contribution in [2.45, 2.75) is 5.92 Å². The van der Waals surface area contributed by atoms with Crippen LogP contribution in [0.3, 0.4) is 0 Å². The maximum Gasteiger partial charge on any atom is 0.239 e. The number of carbonyl (C=O) groups excluding carboxylic acids is 1. The number of amides is 1. The molecule has 6 heteroatoms. The molecule has 108 valence electrons. The number of anilines is 1. The Morgan fingerprint density at radius 1 is 1.14 bits per heavy atom. The molecule has 0 aliphatic heterocycles. The lowest BCUT2D eigenvalue weighted by atomic mass is 9.97. The molecule has 0 bridgehead atoms. The van der Waals surface area contributed by atoms with Crippen molar-refractivity contribution >= 4 is 33.4 Å². The first-order valence-electron chi connectivity index (χ1n) is 6.20. The molecule has 0 saturated heterocycles. The summed E-state index contributed by atoms with van der Waals surface area (Å²) >= 11 is 3.33. The van der Waals surface area contributed by atoms with Crippen LogP contribution in [0.1, 0.15) is 11.5 Å². The van der Waals surface area contributed by atoms with Gasteiger partial charge in [-0.3, -0.25) is 4.79 Å². The van der Waals surface area contributed by atoms with Crippen molar-refractivity contribution in [1.82, 2.24) is 0 Å². The third kappa shape index (κ3) is 3.82. The number of rotatable bonds is 4. The van der Waals surface area contributed by atoms with Gasteiger partial charge in [0.1, 0.15) is 5.92 Å². The molecule has 0 aromatic heterocycles. The lowest BCUT2D eigenvalue weighted by Crippen LogP contribution is -2.32. The molecule has 0 saturated carbocycles. The van der Waals surface area contributed by atoms with Gasteiger partial charge in [-0.2, -0.15) is 0 Å². The number of hydrogen-bond donors (Lipinski definition) is 3. The van der Waals surface area contributed by atoms with E-state index < -0.39 is 5.92 Å². The summed E-state index contributed by atoms with van der Waals surface area (Å²) in [5, 5.41) is 14.6. The molecule has 21 heavy (non-hydrogen) atoms. The molecular weight excluding hydrogens is 334 g/mol. The number of nitrogens with two attached hydrogens (primary N) is 1. The minimum atomic E-state index is -0.847. The molecule has 0 aliphatic rings. The van der Waals surface area contributed by atoms with E-state index in [0.717, 1.165) is 4.47 Å². The Kier molecular flexibility index (Phi) is 4.94. The topological polar surface area (TPSA) is 87.7 Å². The highest BCUT2D eigenvalue weighted by Crippen LogP contribution is 2.20. The van der Waals surface area contributed by atoms with Gasteiger partial charge in [0.15, 0.2) is 5.84 Å². The van der Waals surface area contributed by atoms with E-state index in [1.807, 2.05) is 18.2 Å². The van der Waals surface area contributed by atoms with Crippen LogP contribution in [-0.2, 0) is 4.79 Å². The van der Waals surface area contributed by atoms with Gasteiger partial charge in [-0.15, -0.1) is 0 Å². The Morgan fingerprint density at radius 3 is 2.33 bits per heavy atom. The van der Waals surface area contributed by atoms with Crippen molar-refractivity contribution in [1.29, 1.82) is 0 Å². The van der Waals surface area contributed by atoms with Crippen LogP contribution in [0.15, 0.2) is 64.2 Å². The van der Waals surface area contributed by atoms with Gasteiger partial charge in [-0.25, -0.2) is 0 Å². The van der Waals surface area contributed by atoms with Gasteiger partial charge in [-0.05, 0) is 29.8 Å².